The highest BCUT2D eigenvalue weighted by Crippen LogP contribution is 2.04. The molecule has 0 aromatic rings. The third-order valence-electron chi connectivity index (χ3n) is 4.36. The van der Waals surface area contributed by atoms with Crippen molar-refractivity contribution in [3.05, 3.63) is 0 Å². The highest BCUT2D eigenvalue weighted by molar-refractivity contribution is 7.98. The summed E-state index contributed by atoms with van der Waals surface area (Å²) >= 11 is 5.40. The molecule has 0 aliphatic carbocycles. The molecule has 3 amide bonds. The van der Waals surface area contributed by atoms with Crippen LogP contribution >= 0.6 is 24.4 Å². The van der Waals surface area contributed by atoms with Gasteiger partial charge in [-0.25, -0.2) is 4.79 Å². The van der Waals surface area contributed by atoms with Gasteiger partial charge < -0.3 is 37.6 Å². The van der Waals surface area contributed by atoms with Crippen LogP contribution in [0.25, 0.3) is 0 Å². The van der Waals surface area contributed by atoms with Crippen molar-refractivity contribution in [1.82, 2.24) is 16.0 Å². The largest absolute Gasteiger partial charge is 0.481 e. The standard InChI is InChI=1S/C18H33N5O7S2/c1-32-7-5-11(18(29)30)21-16(27)12(8-14(24)25)22-17(28)13(9-31)23-15(26)10(20)4-2-3-6-19/h10-13,31H,2-9,19-20H2,1H3,(H,21,27)(H,22,28)(H,23,26)(H,24,25)(H,29,30). The number of carboxylic acid groups (broad SMARTS) is 2. The number of hydrogen-bond acceptors (Lipinski definition) is 9. The van der Waals surface area contributed by atoms with Gasteiger partial charge in [0, 0.05) is 5.75 Å². The molecule has 0 aliphatic heterocycles. The van der Waals surface area contributed by atoms with E-state index < -0.39 is 60.2 Å². The number of rotatable bonds is 17. The van der Waals surface area contributed by atoms with Gasteiger partial charge in [0.2, 0.25) is 17.7 Å². The molecule has 0 aromatic carbocycles. The first-order valence-corrected chi connectivity index (χ1v) is 12.0. The van der Waals surface area contributed by atoms with Gasteiger partial charge in [0.25, 0.3) is 0 Å². The topological polar surface area (TPSA) is 214 Å². The molecule has 9 N–H and O–H groups in total. The summed E-state index contributed by atoms with van der Waals surface area (Å²) in [6, 6.07) is -4.84. The summed E-state index contributed by atoms with van der Waals surface area (Å²) in [7, 11) is 0. The molecule has 0 heterocycles. The van der Waals surface area contributed by atoms with Crippen LogP contribution in [0, 0.1) is 0 Å². The van der Waals surface area contributed by atoms with E-state index in [9.17, 15) is 29.1 Å². The Morgan fingerprint density at radius 3 is 1.97 bits per heavy atom. The van der Waals surface area contributed by atoms with Gasteiger partial charge >= 0.3 is 11.9 Å². The van der Waals surface area contributed by atoms with Crippen molar-refractivity contribution in [3.8, 4) is 0 Å². The second-order valence-electron chi connectivity index (χ2n) is 6.97. The second kappa shape index (κ2) is 16.6. The molecular formula is C18H33N5O7S2. The van der Waals surface area contributed by atoms with Crippen LogP contribution in [0.2, 0.25) is 0 Å². The molecule has 0 spiro atoms. The van der Waals surface area contributed by atoms with Crippen LogP contribution in [0.1, 0.15) is 32.1 Å². The molecule has 0 saturated heterocycles. The predicted molar refractivity (Wildman–Crippen MR) is 123 cm³/mol. The number of aliphatic carboxylic acids is 2. The Labute approximate surface area is 196 Å². The lowest BCUT2D eigenvalue weighted by Gasteiger charge is -2.23. The van der Waals surface area contributed by atoms with Gasteiger partial charge in [0.15, 0.2) is 0 Å². The van der Waals surface area contributed by atoms with Crippen LogP contribution in [-0.4, -0.2) is 88.3 Å². The number of hydrogen-bond donors (Lipinski definition) is 8. The Hall–Kier alpha value is -2.03. The van der Waals surface area contributed by atoms with Crippen molar-refractivity contribution >= 4 is 54.1 Å². The quantitative estimate of drug-likeness (QED) is 0.0831. The lowest BCUT2D eigenvalue weighted by atomic mass is 10.1. The van der Waals surface area contributed by atoms with Crippen molar-refractivity contribution in [2.24, 2.45) is 11.5 Å². The van der Waals surface area contributed by atoms with Crippen LogP contribution in [0.5, 0.6) is 0 Å². The summed E-state index contributed by atoms with van der Waals surface area (Å²) in [5.41, 5.74) is 11.2. The number of carbonyl (C=O) groups is 5. The zero-order valence-electron chi connectivity index (χ0n) is 17.9. The maximum atomic E-state index is 12.6. The van der Waals surface area contributed by atoms with E-state index in [-0.39, 0.29) is 12.2 Å². The SMILES string of the molecule is CSCCC(NC(=O)C(CC(=O)O)NC(=O)C(CS)NC(=O)C(N)CCCCN)C(=O)O. The summed E-state index contributed by atoms with van der Waals surface area (Å²) in [4.78, 5) is 59.7. The molecule has 184 valence electrons. The van der Waals surface area contributed by atoms with Crippen molar-refractivity contribution in [1.29, 1.82) is 0 Å². The summed E-state index contributed by atoms with van der Waals surface area (Å²) in [6.45, 7) is 0.461. The Kier molecular flexibility index (Phi) is 15.5. The molecule has 0 aromatic heterocycles. The molecule has 14 heteroatoms. The van der Waals surface area contributed by atoms with E-state index in [4.69, 9.17) is 16.6 Å². The highest BCUT2D eigenvalue weighted by atomic mass is 32.2. The third-order valence-corrected chi connectivity index (χ3v) is 5.37. The molecule has 0 radical (unpaired) electrons. The zero-order chi connectivity index (χ0) is 24.7. The maximum absolute atomic E-state index is 12.6. The van der Waals surface area contributed by atoms with Crippen LogP contribution in [0.3, 0.4) is 0 Å². The number of nitrogens with one attached hydrogen (secondary N) is 3. The monoisotopic (exact) mass is 495 g/mol. The number of amides is 3. The molecule has 32 heavy (non-hydrogen) atoms. The number of nitrogens with two attached hydrogens (primary N) is 2. The van der Waals surface area contributed by atoms with Crippen molar-refractivity contribution in [3.63, 3.8) is 0 Å². The van der Waals surface area contributed by atoms with E-state index >= 15 is 0 Å². The van der Waals surface area contributed by atoms with E-state index in [1.165, 1.54) is 11.8 Å². The zero-order valence-corrected chi connectivity index (χ0v) is 19.6. The Balaban J connectivity index is 5.15. The first-order valence-electron chi connectivity index (χ1n) is 9.98. The summed E-state index contributed by atoms with van der Waals surface area (Å²) < 4.78 is 0. The minimum Gasteiger partial charge on any atom is -0.481 e. The normalized spacial score (nSPS) is 14.5. The second-order valence-corrected chi connectivity index (χ2v) is 8.33. The number of carboxylic acids is 2. The first kappa shape index (κ1) is 30.0. The molecule has 12 nitrogen and oxygen atoms in total. The summed E-state index contributed by atoms with van der Waals surface area (Å²) in [5, 5.41) is 25.2. The van der Waals surface area contributed by atoms with Crippen molar-refractivity contribution in [2.45, 2.75) is 56.3 Å². The average molecular weight is 496 g/mol. The van der Waals surface area contributed by atoms with E-state index in [0.717, 1.165) is 0 Å². The van der Waals surface area contributed by atoms with Gasteiger partial charge in [-0.1, -0.05) is 6.42 Å². The fourth-order valence-electron chi connectivity index (χ4n) is 2.53. The summed E-state index contributed by atoms with van der Waals surface area (Å²) in [6.07, 6.45) is 2.79. The lowest BCUT2D eigenvalue weighted by Crippen LogP contribution is -2.58. The highest BCUT2D eigenvalue weighted by Gasteiger charge is 2.31. The predicted octanol–water partition coefficient (Wildman–Crippen LogP) is -1.86. The minimum atomic E-state index is -1.55. The molecule has 4 unspecified atom stereocenters. The first-order chi connectivity index (χ1) is 15.1. The van der Waals surface area contributed by atoms with Crippen LogP contribution < -0.4 is 27.4 Å². The van der Waals surface area contributed by atoms with Gasteiger partial charge in [-0.15, -0.1) is 0 Å². The van der Waals surface area contributed by atoms with Gasteiger partial charge in [0.1, 0.15) is 18.1 Å². The number of thiol groups is 1. The van der Waals surface area contributed by atoms with E-state index in [0.29, 0.717) is 31.6 Å². The van der Waals surface area contributed by atoms with Crippen LogP contribution in [-0.2, 0) is 24.0 Å². The van der Waals surface area contributed by atoms with Gasteiger partial charge in [0.05, 0.1) is 12.5 Å². The smallest absolute Gasteiger partial charge is 0.326 e. The third kappa shape index (κ3) is 12.1. The number of carbonyl (C=O) groups excluding carboxylic acids is 3. The summed E-state index contributed by atoms with van der Waals surface area (Å²) in [5.74, 6) is -4.76. The fraction of sp³-hybridized carbons (Fsp3) is 0.722. The molecule has 0 bridgehead atoms. The molecule has 0 saturated carbocycles. The molecule has 0 aliphatic rings. The Morgan fingerprint density at radius 2 is 1.47 bits per heavy atom. The Morgan fingerprint density at radius 1 is 0.906 bits per heavy atom. The van der Waals surface area contributed by atoms with Crippen molar-refractivity contribution < 1.29 is 34.2 Å². The number of thioether (sulfide) groups is 1. The molecular weight excluding hydrogens is 462 g/mol. The molecule has 0 fully saturated rings. The minimum absolute atomic E-state index is 0.118. The lowest BCUT2D eigenvalue weighted by molar-refractivity contribution is -0.143. The van der Waals surface area contributed by atoms with Crippen LogP contribution in [0.15, 0.2) is 0 Å². The molecule has 4 atom stereocenters. The van der Waals surface area contributed by atoms with E-state index in [1.54, 1.807) is 6.26 Å². The van der Waals surface area contributed by atoms with Crippen LogP contribution in [0.4, 0.5) is 0 Å². The van der Waals surface area contributed by atoms with Gasteiger partial charge in [-0.2, -0.15) is 24.4 Å². The Bertz CT molecular complexity index is 653. The fourth-order valence-corrected chi connectivity index (χ4v) is 3.26. The van der Waals surface area contributed by atoms with E-state index in [1.807, 2.05) is 0 Å². The molecule has 0 rings (SSSR count). The van der Waals surface area contributed by atoms with Crippen molar-refractivity contribution in [2.75, 3.05) is 24.3 Å². The van der Waals surface area contributed by atoms with E-state index in [2.05, 4.69) is 28.6 Å². The average Bonchev–Trinajstić information content (AvgIpc) is 2.73. The van der Waals surface area contributed by atoms with Gasteiger partial charge in [-0.05, 0) is 37.8 Å². The van der Waals surface area contributed by atoms with Gasteiger partial charge in [-0.3, -0.25) is 19.2 Å². The maximum Gasteiger partial charge on any atom is 0.326 e. The number of unbranched alkanes of at least 4 members (excludes halogenated alkanes) is 1.